The number of aromatic nitrogens is 4. The highest BCUT2D eigenvalue weighted by Crippen LogP contribution is 2.32. The summed E-state index contributed by atoms with van der Waals surface area (Å²) in [5, 5.41) is 8.95. The molecule has 5 aromatic rings. The average molecular weight is 425 g/mol. The standard InChI is InChI=1S/C25H23N5O2/c1-31-21-8-19(9-22(11-21)32-2)29-20-10-23-24(14-27-25(23)26-13-20)18-12-28-30(16-18)15-17-6-4-3-5-7-17/h3-14,16,29H,15H2,1-2H3,(H,26,27). The maximum absolute atomic E-state index is 5.36. The van der Waals surface area contributed by atoms with Crippen LogP contribution in [-0.4, -0.2) is 34.0 Å². The van der Waals surface area contributed by atoms with Crippen LogP contribution in [0.4, 0.5) is 11.4 Å². The Labute approximate surface area is 185 Å². The first-order chi connectivity index (χ1) is 15.7. The Balaban J connectivity index is 1.44. The fourth-order valence-corrected chi connectivity index (χ4v) is 3.72. The molecule has 0 saturated carbocycles. The van der Waals surface area contributed by atoms with Gasteiger partial charge in [-0.2, -0.15) is 5.10 Å². The Morgan fingerprint density at radius 1 is 0.938 bits per heavy atom. The summed E-state index contributed by atoms with van der Waals surface area (Å²) in [4.78, 5) is 7.83. The fourth-order valence-electron chi connectivity index (χ4n) is 3.72. The monoisotopic (exact) mass is 425 g/mol. The zero-order chi connectivity index (χ0) is 21.9. The van der Waals surface area contributed by atoms with Crippen molar-refractivity contribution < 1.29 is 9.47 Å². The lowest BCUT2D eigenvalue weighted by atomic mass is 10.1. The summed E-state index contributed by atoms with van der Waals surface area (Å²) in [5.41, 5.74) is 5.85. The van der Waals surface area contributed by atoms with Crippen LogP contribution in [0.5, 0.6) is 11.5 Å². The van der Waals surface area contributed by atoms with Crippen LogP contribution in [0.15, 0.2) is 79.4 Å². The number of hydrogen-bond acceptors (Lipinski definition) is 5. The summed E-state index contributed by atoms with van der Waals surface area (Å²) in [6.45, 7) is 0.728. The van der Waals surface area contributed by atoms with Gasteiger partial charge in [-0.25, -0.2) is 4.98 Å². The third kappa shape index (κ3) is 4.00. The molecule has 0 radical (unpaired) electrons. The fraction of sp³-hybridized carbons (Fsp3) is 0.120. The van der Waals surface area contributed by atoms with Crippen LogP contribution < -0.4 is 14.8 Å². The van der Waals surface area contributed by atoms with Crippen molar-refractivity contribution in [3.8, 4) is 22.6 Å². The number of methoxy groups -OCH3 is 2. The number of nitrogens with zero attached hydrogens (tertiary/aromatic N) is 3. The van der Waals surface area contributed by atoms with Crippen LogP contribution in [-0.2, 0) is 6.54 Å². The minimum Gasteiger partial charge on any atom is -0.497 e. The number of H-pyrrole nitrogens is 1. The van der Waals surface area contributed by atoms with E-state index in [-0.39, 0.29) is 0 Å². The van der Waals surface area contributed by atoms with E-state index < -0.39 is 0 Å². The highest BCUT2D eigenvalue weighted by Gasteiger charge is 2.11. The smallest absolute Gasteiger partial charge is 0.138 e. The minimum atomic E-state index is 0.717. The van der Waals surface area contributed by atoms with Gasteiger partial charge in [-0.15, -0.1) is 0 Å². The maximum Gasteiger partial charge on any atom is 0.138 e. The van der Waals surface area contributed by atoms with Crippen molar-refractivity contribution in [2.24, 2.45) is 0 Å². The van der Waals surface area contributed by atoms with E-state index >= 15 is 0 Å². The van der Waals surface area contributed by atoms with Crippen LogP contribution in [0.2, 0.25) is 0 Å². The molecule has 7 nitrogen and oxygen atoms in total. The number of anilines is 2. The Morgan fingerprint density at radius 2 is 1.72 bits per heavy atom. The molecule has 0 atom stereocenters. The van der Waals surface area contributed by atoms with Gasteiger partial charge in [0, 0.05) is 52.8 Å². The first-order valence-electron chi connectivity index (χ1n) is 10.3. The number of benzene rings is 2. The van der Waals surface area contributed by atoms with Gasteiger partial charge in [0.05, 0.1) is 38.8 Å². The van der Waals surface area contributed by atoms with E-state index in [1.807, 2.05) is 53.5 Å². The molecule has 3 aromatic heterocycles. The second-order valence-corrected chi connectivity index (χ2v) is 7.46. The number of rotatable bonds is 7. The molecule has 0 amide bonds. The van der Waals surface area contributed by atoms with Gasteiger partial charge < -0.3 is 19.8 Å². The minimum absolute atomic E-state index is 0.717. The van der Waals surface area contributed by atoms with Crippen molar-refractivity contribution in [3.05, 3.63) is 84.9 Å². The Morgan fingerprint density at radius 3 is 2.47 bits per heavy atom. The van der Waals surface area contributed by atoms with Gasteiger partial charge >= 0.3 is 0 Å². The average Bonchev–Trinajstić information content (AvgIpc) is 3.46. The quantitative estimate of drug-likeness (QED) is 0.373. The van der Waals surface area contributed by atoms with Crippen molar-refractivity contribution in [2.75, 3.05) is 19.5 Å². The predicted octanol–water partition coefficient (Wildman–Crippen LogP) is 5.24. The van der Waals surface area contributed by atoms with Crippen LogP contribution in [0, 0.1) is 0 Å². The molecule has 3 heterocycles. The second-order valence-electron chi connectivity index (χ2n) is 7.46. The lowest BCUT2D eigenvalue weighted by Gasteiger charge is -2.11. The topological polar surface area (TPSA) is 77.0 Å². The lowest BCUT2D eigenvalue weighted by molar-refractivity contribution is 0.395. The summed E-state index contributed by atoms with van der Waals surface area (Å²) >= 11 is 0. The Kier molecular flexibility index (Phi) is 5.21. The molecule has 2 aromatic carbocycles. The van der Waals surface area contributed by atoms with Crippen LogP contribution in [0.1, 0.15) is 5.56 Å². The van der Waals surface area contributed by atoms with Gasteiger partial charge in [0.1, 0.15) is 17.1 Å². The molecule has 0 aliphatic rings. The van der Waals surface area contributed by atoms with E-state index in [2.05, 4.69) is 44.8 Å². The lowest BCUT2D eigenvalue weighted by Crippen LogP contribution is -1.99. The molecular formula is C25H23N5O2. The van der Waals surface area contributed by atoms with Crippen molar-refractivity contribution in [2.45, 2.75) is 6.54 Å². The summed E-state index contributed by atoms with van der Waals surface area (Å²) < 4.78 is 12.7. The number of ether oxygens (including phenoxy) is 2. The van der Waals surface area contributed by atoms with Gasteiger partial charge in [-0.05, 0) is 11.6 Å². The van der Waals surface area contributed by atoms with Crippen LogP contribution in [0.3, 0.4) is 0 Å². The van der Waals surface area contributed by atoms with Crippen molar-refractivity contribution in [1.82, 2.24) is 19.7 Å². The molecule has 160 valence electrons. The molecule has 5 rings (SSSR count). The van der Waals surface area contributed by atoms with Gasteiger partial charge in [0.2, 0.25) is 0 Å². The summed E-state index contributed by atoms with van der Waals surface area (Å²) in [5.74, 6) is 1.43. The first kappa shape index (κ1) is 19.7. The van der Waals surface area contributed by atoms with Gasteiger partial charge in [0.25, 0.3) is 0 Å². The van der Waals surface area contributed by atoms with Gasteiger partial charge in [-0.3, -0.25) is 4.68 Å². The second kappa shape index (κ2) is 8.47. The summed E-state index contributed by atoms with van der Waals surface area (Å²) in [6.07, 6.45) is 7.72. The summed E-state index contributed by atoms with van der Waals surface area (Å²) in [7, 11) is 3.27. The van der Waals surface area contributed by atoms with Crippen molar-refractivity contribution in [1.29, 1.82) is 0 Å². The van der Waals surface area contributed by atoms with Gasteiger partial charge in [-0.1, -0.05) is 30.3 Å². The number of pyridine rings is 1. The molecule has 32 heavy (non-hydrogen) atoms. The number of hydrogen-bond donors (Lipinski definition) is 2. The van der Waals surface area contributed by atoms with E-state index in [0.29, 0.717) is 11.5 Å². The Hall–Kier alpha value is -4.26. The highest BCUT2D eigenvalue weighted by atomic mass is 16.5. The van der Waals surface area contributed by atoms with E-state index in [1.165, 1.54) is 5.56 Å². The highest BCUT2D eigenvalue weighted by molar-refractivity contribution is 5.95. The van der Waals surface area contributed by atoms with E-state index in [9.17, 15) is 0 Å². The molecular weight excluding hydrogens is 402 g/mol. The van der Waals surface area contributed by atoms with Gasteiger partial charge in [0.15, 0.2) is 0 Å². The molecule has 0 aliphatic carbocycles. The largest absolute Gasteiger partial charge is 0.497 e. The normalized spacial score (nSPS) is 10.9. The maximum atomic E-state index is 5.36. The molecule has 0 fully saturated rings. The number of fused-ring (bicyclic) bond motifs is 1. The Bertz CT molecular complexity index is 1340. The molecule has 0 bridgehead atoms. The molecule has 0 saturated heterocycles. The zero-order valence-electron chi connectivity index (χ0n) is 17.9. The summed E-state index contributed by atoms with van der Waals surface area (Å²) in [6, 6.07) is 18.0. The van der Waals surface area contributed by atoms with E-state index in [0.717, 1.165) is 40.1 Å². The van der Waals surface area contributed by atoms with E-state index in [4.69, 9.17) is 9.47 Å². The predicted molar refractivity (Wildman–Crippen MR) is 126 cm³/mol. The molecule has 0 unspecified atom stereocenters. The van der Waals surface area contributed by atoms with Crippen molar-refractivity contribution >= 4 is 22.4 Å². The van der Waals surface area contributed by atoms with Crippen molar-refractivity contribution in [3.63, 3.8) is 0 Å². The molecule has 0 spiro atoms. The number of aromatic amines is 1. The van der Waals surface area contributed by atoms with Crippen LogP contribution >= 0.6 is 0 Å². The van der Waals surface area contributed by atoms with Crippen LogP contribution in [0.25, 0.3) is 22.2 Å². The zero-order valence-corrected chi connectivity index (χ0v) is 17.9. The molecule has 2 N–H and O–H groups in total. The molecule has 7 heteroatoms. The number of nitrogens with one attached hydrogen (secondary N) is 2. The first-order valence-corrected chi connectivity index (χ1v) is 10.3. The van der Waals surface area contributed by atoms with E-state index in [1.54, 1.807) is 20.4 Å². The third-order valence-corrected chi connectivity index (χ3v) is 5.30. The SMILES string of the molecule is COc1cc(Nc2cnc3[nH]cc(-c4cnn(Cc5ccccc5)c4)c3c2)cc(OC)c1. The third-order valence-electron chi connectivity index (χ3n) is 5.30. The molecule has 0 aliphatic heterocycles.